The summed E-state index contributed by atoms with van der Waals surface area (Å²) < 4.78 is 1.41. The molecule has 0 amide bonds. The molecule has 1 saturated heterocycles. The van der Waals surface area contributed by atoms with Crippen LogP contribution in [0.1, 0.15) is 25.7 Å². The van der Waals surface area contributed by atoms with Crippen LogP contribution in [0.25, 0.3) is 4.96 Å². The van der Waals surface area contributed by atoms with E-state index in [0.717, 1.165) is 18.2 Å². The van der Waals surface area contributed by atoms with Crippen molar-refractivity contribution in [3.8, 4) is 0 Å². The molecule has 1 spiro atoms. The van der Waals surface area contributed by atoms with E-state index < -0.39 is 0 Å². The highest BCUT2D eigenvalue weighted by Gasteiger charge is 2.45. The number of rotatable bonds is 1. The van der Waals surface area contributed by atoms with E-state index >= 15 is 0 Å². The van der Waals surface area contributed by atoms with Crippen molar-refractivity contribution >= 4 is 21.4 Å². The molecule has 2 aromatic rings. The molecule has 1 aliphatic heterocycles. The number of hydrogen-bond acceptors (Lipinski definition) is 5. The minimum Gasteiger partial charge on any atom is -0.346 e. The van der Waals surface area contributed by atoms with Gasteiger partial charge in [-0.25, -0.2) is 4.98 Å². The third kappa shape index (κ3) is 1.55. The summed E-state index contributed by atoms with van der Waals surface area (Å²) in [5.74, 6) is 0. The molecule has 0 aromatic carbocycles. The summed E-state index contributed by atoms with van der Waals surface area (Å²) in [6.45, 7) is 2.15. The first-order valence-electron chi connectivity index (χ1n) is 6.36. The van der Waals surface area contributed by atoms with Gasteiger partial charge in [-0.05, 0) is 31.1 Å². The summed E-state index contributed by atoms with van der Waals surface area (Å²) in [4.78, 5) is 18.9. The third-order valence-electron chi connectivity index (χ3n) is 4.05. The van der Waals surface area contributed by atoms with Crippen LogP contribution in [0.2, 0.25) is 0 Å². The average Bonchev–Trinajstić information content (AvgIpc) is 2.96. The Morgan fingerprint density at radius 2 is 2.22 bits per heavy atom. The second-order valence-electron chi connectivity index (χ2n) is 5.39. The predicted octanol–water partition coefficient (Wildman–Crippen LogP) is 1.53. The van der Waals surface area contributed by atoms with Crippen LogP contribution in [0.5, 0.6) is 0 Å². The smallest absolute Gasteiger partial charge is 0.275 e. The molecule has 94 valence electrons. The maximum atomic E-state index is 11.7. The molecule has 2 aromatic heterocycles. The first-order chi connectivity index (χ1) is 8.76. The van der Waals surface area contributed by atoms with Gasteiger partial charge in [0.2, 0.25) is 10.1 Å². The summed E-state index contributed by atoms with van der Waals surface area (Å²) >= 11 is 1.51. The maximum absolute atomic E-state index is 11.7. The van der Waals surface area contributed by atoms with Crippen molar-refractivity contribution in [2.45, 2.75) is 25.7 Å². The van der Waals surface area contributed by atoms with Gasteiger partial charge in [-0.15, -0.1) is 5.10 Å². The molecule has 3 heterocycles. The van der Waals surface area contributed by atoms with E-state index in [1.807, 2.05) is 0 Å². The van der Waals surface area contributed by atoms with Crippen molar-refractivity contribution in [1.82, 2.24) is 14.6 Å². The minimum atomic E-state index is -0.0966. The molecule has 0 bridgehead atoms. The van der Waals surface area contributed by atoms with Gasteiger partial charge in [0.05, 0.1) is 0 Å². The van der Waals surface area contributed by atoms with Crippen LogP contribution in [0, 0.1) is 5.41 Å². The van der Waals surface area contributed by atoms with Gasteiger partial charge in [0.1, 0.15) is 0 Å². The molecule has 0 radical (unpaired) electrons. The zero-order chi connectivity index (χ0) is 12.2. The fourth-order valence-corrected chi connectivity index (χ4v) is 3.72. The fourth-order valence-electron chi connectivity index (χ4n) is 2.82. The van der Waals surface area contributed by atoms with Crippen LogP contribution in [0.4, 0.5) is 5.13 Å². The Morgan fingerprint density at radius 1 is 1.33 bits per heavy atom. The van der Waals surface area contributed by atoms with Crippen molar-refractivity contribution in [2.75, 3.05) is 18.0 Å². The predicted molar refractivity (Wildman–Crippen MR) is 70.2 cm³/mol. The molecule has 6 heteroatoms. The Balaban J connectivity index is 1.73. The monoisotopic (exact) mass is 262 g/mol. The molecule has 2 aliphatic rings. The summed E-state index contributed by atoms with van der Waals surface area (Å²) in [5.41, 5.74) is 0.467. The van der Waals surface area contributed by atoms with Crippen LogP contribution in [0.3, 0.4) is 0 Å². The van der Waals surface area contributed by atoms with Gasteiger partial charge in [0.15, 0.2) is 0 Å². The molecular formula is C12H14N4OS. The van der Waals surface area contributed by atoms with Crippen molar-refractivity contribution in [2.24, 2.45) is 5.41 Å². The summed E-state index contributed by atoms with van der Waals surface area (Å²) in [7, 11) is 0. The topological polar surface area (TPSA) is 50.5 Å². The zero-order valence-electron chi connectivity index (χ0n) is 10.0. The average molecular weight is 262 g/mol. The van der Waals surface area contributed by atoms with E-state index in [2.05, 4.69) is 15.0 Å². The molecule has 0 unspecified atom stereocenters. The van der Waals surface area contributed by atoms with Gasteiger partial charge in [0.25, 0.3) is 5.56 Å². The van der Waals surface area contributed by atoms with Crippen LogP contribution >= 0.6 is 11.3 Å². The Kier molecular flexibility index (Phi) is 2.06. The zero-order valence-corrected chi connectivity index (χ0v) is 10.8. The Labute approximate surface area is 108 Å². The Morgan fingerprint density at radius 3 is 3.00 bits per heavy atom. The number of aromatic nitrogens is 3. The lowest BCUT2D eigenvalue weighted by Gasteiger charge is -2.32. The van der Waals surface area contributed by atoms with Gasteiger partial charge in [-0.2, -0.15) is 4.52 Å². The van der Waals surface area contributed by atoms with E-state index in [4.69, 9.17) is 0 Å². The van der Waals surface area contributed by atoms with Gasteiger partial charge in [0, 0.05) is 25.4 Å². The Hall–Kier alpha value is -1.43. The number of hydrogen-bond donors (Lipinski definition) is 0. The molecule has 4 rings (SSSR count). The van der Waals surface area contributed by atoms with Crippen LogP contribution in [0.15, 0.2) is 17.1 Å². The summed E-state index contributed by atoms with van der Waals surface area (Å²) in [6, 6.07) is 1.45. The van der Waals surface area contributed by atoms with Crippen molar-refractivity contribution < 1.29 is 0 Å². The lowest BCUT2D eigenvalue weighted by molar-refractivity contribution is 0.394. The standard InChI is InChI=1S/C12H14N4OS/c17-9-2-6-13-10-16(9)14-11(18-10)15-7-1-3-12(8-15)4-5-12/h2,6H,1,3-5,7-8H2. The first-order valence-corrected chi connectivity index (χ1v) is 7.17. The molecule has 0 atom stereocenters. The number of nitrogens with zero attached hydrogens (tertiary/aromatic N) is 4. The highest BCUT2D eigenvalue weighted by molar-refractivity contribution is 7.20. The first kappa shape index (κ1) is 10.5. The van der Waals surface area contributed by atoms with Crippen molar-refractivity contribution in [3.63, 3.8) is 0 Å². The molecule has 1 aliphatic carbocycles. The lowest BCUT2D eigenvalue weighted by atomic mass is 9.96. The molecule has 2 fully saturated rings. The fraction of sp³-hybridized carbons (Fsp3) is 0.583. The van der Waals surface area contributed by atoms with Gasteiger partial charge in [-0.1, -0.05) is 11.3 Å². The van der Waals surface area contributed by atoms with E-state index in [-0.39, 0.29) is 5.56 Å². The lowest BCUT2D eigenvalue weighted by Crippen LogP contribution is -2.36. The van der Waals surface area contributed by atoms with Gasteiger partial charge >= 0.3 is 0 Å². The molecular weight excluding hydrogens is 248 g/mol. The second kappa shape index (κ2) is 3.54. The highest BCUT2D eigenvalue weighted by atomic mass is 32.1. The molecule has 18 heavy (non-hydrogen) atoms. The summed E-state index contributed by atoms with van der Waals surface area (Å²) in [5, 5.41) is 5.36. The number of anilines is 1. The minimum absolute atomic E-state index is 0.0966. The van der Waals surface area contributed by atoms with E-state index in [0.29, 0.717) is 10.4 Å². The van der Waals surface area contributed by atoms with E-state index in [1.165, 1.54) is 47.6 Å². The second-order valence-corrected chi connectivity index (χ2v) is 6.32. The van der Waals surface area contributed by atoms with Crippen molar-refractivity contribution in [3.05, 3.63) is 22.6 Å². The summed E-state index contributed by atoms with van der Waals surface area (Å²) in [6.07, 6.45) is 6.85. The normalized spacial score (nSPS) is 21.7. The quantitative estimate of drug-likeness (QED) is 0.782. The molecule has 5 nitrogen and oxygen atoms in total. The molecule has 0 N–H and O–H groups in total. The third-order valence-corrected chi connectivity index (χ3v) is 5.03. The molecule has 1 saturated carbocycles. The number of piperidine rings is 1. The maximum Gasteiger partial charge on any atom is 0.275 e. The van der Waals surface area contributed by atoms with E-state index in [9.17, 15) is 4.79 Å². The highest BCUT2D eigenvalue weighted by Crippen LogP contribution is 2.52. The van der Waals surface area contributed by atoms with Gasteiger partial charge < -0.3 is 4.90 Å². The Bertz CT molecular complexity index is 657. The van der Waals surface area contributed by atoms with E-state index in [1.54, 1.807) is 6.20 Å². The van der Waals surface area contributed by atoms with Crippen molar-refractivity contribution in [1.29, 1.82) is 0 Å². The van der Waals surface area contributed by atoms with Crippen LogP contribution < -0.4 is 10.5 Å². The van der Waals surface area contributed by atoms with Crippen LogP contribution in [-0.2, 0) is 0 Å². The SMILES string of the molecule is O=c1ccnc2sc(N3CCCC4(CC4)C3)nn12. The number of fused-ring (bicyclic) bond motifs is 1. The van der Waals surface area contributed by atoms with Gasteiger partial charge in [-0.3, -0.25) is 4.79 Å². The van der Waals surface area contributed by atoms with Crippen LogP contribution in [-0.4, -0.2) is 27.7 Å². The largest absolute Gasteiger partial charge is 0.346 e.